The molecule has 0 saturated heterocycles. The van der Waals surface area contributed by atoms with Crippen LogP contribution in [0, 0.1) is 11.8 Å². The number of ether oxygens (including phenoxy) is 1. The Hall–Kier alpha value is -2.82. The quantitative estimate of drug-likeness (QED) is 0.769. The molecule has 0 bridgehead atoms. The van der Waals surface area contributed by atoms with Gasteiger partial charge in [0.1, 0.15) is 10.5 Å². The molecule has 0 spiro atoms. The van der Waals surface area contributed by atoms with Gasteiger partial charge in [0.15, 0.2) is 22.2 Å². The molecule has 3 rings (SSSR count). The van der Waals surface area contributed by atoms with Crippen LogP contribution >= 0.6 is 11.6 Å². The number of aliphatic carboxylic acids is 1. The van der Waals surface area contributed by atoms with E-state index in [2.05, 4.69) is 11.8 Å². The van der Waals surface area contributed by atoms with Crippen molar-refractivity contribution in [3.63, 3.8) is 0 Å². The number of Topliss-reactive ketones (excluding diaryl/α,β-unsaturated/α-hetero) is 1. The van der Waals surface area contributed by atoms with Crippen molar-refractivity contribution in [3.8, 4) is 17.6 Å². The van der Waals surface area contributed by atoms with Crippen molar-refractivity contribution >= 4 is 33.2 Å². The Bertz CT molecular complexity index is 1170. The molecule has 0 aliphatic carbocycles. The van der Waals surface area contributed by atoms with Crippen molar-refractivity contribution in [2.45, 2.75) is 23.5 Å². The molecular formula is C20H15ClO6S. The Kier molecular flexibility index (Phi) is 4.96. The molecule has 8 heteroatoms. The van der Waals surface area contributed by atoms with Crippen LogP contribution in [-0.2, 0) is 14.6 Å². The fraction of sp³-hybridized carbons (Fsp3) is 0.200. The van der Waals surface area contributed by atoms with Crippen molar-refractivity contribution < 1.29 is 27.9 Å². The standard InChI is InChI=1S/C20H15ClO6S/c1-20(2)19(24)15-9-12(4-8-17(15)28(20,25)26)3-5-13-10-14(21)6-7-16(13)27-11-18(22)23/h4,6-10H,11H2,1-2H3,(H,22,23). The highest BCUT2D eigenvalue weighted by Gasteiger charge is 2.51. The van der Waals surface area contributed by atoms with Gasteiger partial charge in [0, 0.05) is 16.1 Å². The summed E-state index contributed by atoms with van der Waals surface area (Å²) in [5.41, 5.74) is 0.919. The molecule has 2 aromatic rings. The van der Waals surface area contributed by atoms with Gasteiger partial charge in [-0.25, -0.2) is 13.2 Å². The minimum absolute atomic E-state index is 0.00119. The van der Waals surface area contributed by atoms with E-state index in [0.29, 0.717) is 16.1 Å². The number of rotatable bonds is 3. The topological polar surface area (TPSA) is 97.7 Å². The molecule has 144 valence electrons. The van der Waals surface area contributed by atoms with Crippen LogP contribution < -0.4 is 4.74 Å². The molecule has 0 radical (unpaired) electrons. The fourth-order valence-electron chi connectivity index (χ4n) is 2.75. The first-order valence-electron chi connectivity index (χ1n) is 8.13. The average Bonchev–Trinajstić information content (AvgIpc) is 2.76. The number of ketones is 1. The zero-order valence-electron chi connectivity index (χ0n) is 14.9. The second-order valence-electron chi connectivity index (χ2n) is 6.63. The Morgan fingerprint density at radius 1 is 1.18 bits per heavy atom. The smallest absolute Gasteiger partial charge is 0.341 e. The number of carbonyl (C=O) groups is 2. The minimum atomic E-state index is -3.74. The van der Waals surface area contributed by atoms with Crippen LogP contribution in [-0.4, -0.2) is 36.6 Å². The van der Waals surface area contributed by atoms with E-state index in [4.69, 9.17) is 21.4 Å². The molecule has 2 aromatic carbocycles. The van der Waals surface area contributed by atoms with Crippen LogP contribution in [0.2, 0.25) is 5.02 Å². The number of carboxylic acids is 1. The van der Waals surface area contributed by atoms with E-state index in [1.807, 2.05) is 0 Å². The molecule has 0 atom stereocenters. The van der Waals surface area contributed by atoms with Gasteiger partial charge in [-0.3, -0.25) is 4.79 Å². The predicted molar refractivity (Wildman–Crippen MR) is 103 cm³/mol. The molecule has 0 aromatic heterocycles. The molecule has 1 aliphatic rings. The maximum absolute atomic E-state index is 12.5. The summed E-state index contributed by atoms with van der Waals surface area (Å²) in [5, 5.41) is 9.15. The third-order valence-corrected chi connectivity index (χ3v) is 7.07. The normalized spacial score (nSPS) is 16.0. The van der Waals surface area contributed by atoms with Crippen LogP contribution in [0.5, 0.6) is 5.75 Å². The van der Waals surface area contributed by atoms with Gasteiger partial charge in [-0.1, -0.05) is 23.4 Å². The van der Waals surface area contributed by atoms with E-state index in [1.54, 1.807) is 6.07 Å². The molecule has 1 heterocycles. The molecule has 1 aliphatic heterocycles. The molecule has 0 saturated carbocycles. The second kappa shape index (κ2) is 6.97. The van der Waals surface area contributed by atoms with Gasteiger partial charge in [-0.2, -0.15) is 0 Å². The van der Waals surface area contributed by atoms with Gasteiger partial charge in [0.2, 0.25) is 0 Å². The summed E-state index contributed by atoms with van der Waals surface area (Å²) in [7, 11) is -3.74. The number of benzene rings is 2. The van der Waals surface area contributed by atoms with Crippen molar-refractivity contribution in [1.29, 1.82) is 0 Å². The van der Waals surface area contributed by atoms with Crippen LogP contribution in [0.1, 0.15) is 35.3 Å². The first-order chi connectivity index (χ1) is 13.0. The summed E-state index contributed by atoms with van der Waals surface area (Å²) in [6.45, 7) is 2.23. The lowest BCUT2D eigenvalue weighted by Gasteiger charge is -2.13. The third kappa shape index (κ3) is 3.37. The number of carboxylic acid groups (broad SMARTS) is 1. The maximum Gasteiger partial charge on any atom is 0.341 e. The van der Waals surface area contributed by atoms with Crippen LogP contribution in [0.3, 0.4) is 0 Å². The summed E-state index contributed by atoms with van der Waals surface area (Å²) in [6.07, 6.45) is 0. The SMILES string of the molecule is CC1(C)C(=O)c2cc(C#Cc3cc(Cl)ccc3OCC(=O)O)ccc2S1(=O)=O. The highest BCUT2D eigenvalue weighted by atomic mass is 35.5. The summed E-state index contributed by atoms with van der Waals surface area (Å²) >= 11 is 5.97. The van der Waals surface area contributed by atoms with E-state index in [0.717, 1.165) is 0 Å². The lowest BCUT2D eigenvalue weighted by Crippen LogP contribution is -2.33. The Morgan fingerprint density at radius 3 is 2.57 bits per heavy atom. The molecule has 0 fully saturated rings. The number of hydrogen-bond donors (Lipinski definition) is 1. The monoisotopic (exact) mass is 418 g/mol. The van der Waals surface area contributed by atoms with Gasteiger partial charge in [0.05, 0.1) is 10.5 Å². The van der Waals surface area contributed by atoms with E-state index < -0.39 is 32.9 Å². The van der Waals surface area contributed by atoms with Crippen LogP contribution in [0.15, 0.2) is 41.3 Å². The number of carbonyl (C=O) groups excluding carboxylic acids is 1. The first kappa shape index (κ1) is 19.9. The van der Waals surface area contributed by atoms with E-state index >= 15 is 0 Å². The third-order valence-electron chi connectivity index (χ3n) is 4.37. The van der Waals surface area contributed by atoms with Gasteiger partial charge >= 0.3 is 5.97 Å². The number of hydrogen-bond acceptors (Lipinski definition) is 5. The summed E-state index contributed by atoms with van der Waals surface area (Å²) in [5.74, 6) is 4.31. The Morgan fingerprint density at radius 2 is 1.89 bits per heavy atom. The largest absolute Gasteiger partial charge is 0.481 e. The Labute approximate surface area is 167 Å². The lowest BCUT2D eigenvalue weighted by molar-refractivity contribution is -0.139. The van der Waals surface area contributed by atoms with E-state index in [9.17, 15) is 18.0 Å². The Balaban J connectivity index is 2.00. The molecule has 28 heavy (non-hydrogen) atoms. The molecular weight excluding hydrogens is 404 g/mol. The van der Waals surface area contributed by atoms with Gasteiger partial charge in [-0.05, 0) is 50.2 Å². The number of halogens is 1. The van der Waals surface area contributed by atoms with Crippen molar-refractivity contribution in [1.82, 2.24) is 0 Å². The van der Waals surface area contributed by atoms with Crippen molar-refractivity contribution in [3.05, 3.63) is 58.1 Å². The summed E-state index contributed by atoms with van der Waals surface area (Å²) in [4.78, 5) is 23.2. The first-order valence-corrected chi connectivity index (χ1v) is 10.00. The molecule has 1 N–H and O–H groups in total. The zero-order chi connectivity index (χ0) is 20.7. The highest BCUT2D eigenvalue weighted by Crippen LogP contribution is 2.39. The number of fused-ring (bicyclic) bond motifs is 1. The average molecular weight is 419 g/mol. The maximum atomic E-state index is 12.5. The number of sulfone groups is 1. The van der Waals surface area contributed by atoms with Crippen molar-refractivity contribution in [2.24, 2.45) is 0 Å². The molecule has 0 unspecified atom stereocenters. The van der Waals surface area contributed by atoms with Gasteiger partial charge in [-0.15, -0.1) is 0 Å². The zero-order valence-corrected chi connectivity index (χ0v) is 16.5. The van der Waals surface area contributed by atoms with Gasteiger partial charge < -0.3 is 9.84 Å². The van der Waals surface area contributed by atoms with E-state index in [-0.39, 0.29) is 16.2 Å². The predicted octanol–water partition coefficient (Wildman–Crippen LogP) is 2.95. The van der Waals surface area contributed by atoms with Crippen LogP contribution in [0.4, 0.5) is 0 Å². The van der Waals surface area contributed by atoms with Crippen LogP contribution in [0.25, 0.3) is 0 Å². The lowest BCUT2D eigenvalue weighted by atomic mass is 9.99. The highest BCUT2D eigenvalue weighted by molar-refractivity contribution is 7.94. The summed E-state index contributed by atoms with van der Waals surface area (Å²) < 4.78 is 28.6. The molecule has 0 amide bonds. The second-order valence-corrected chi connectivity index (χ2v) is 9.53. The minimum Gasteiger partial charge on any atom is -0.481 e. The molecule has 6 nitrogen and oxygen atoms in total. The van der Waals surface area contributed by atoms with Gasteiger partial charge in [0.25, 0.3) is 0 Å². The van der Waals surface area contributed by atoms with E-state index in [1.165, 1.54) is 44.2 Å². The fourth-order valence-corrected chi connectivity index (χ4v) is 4.51. The van der Waals surface area contributed by atoms with Crippen molar-refractivity contribution in [2.75, 3.05) is 6.61 Å². The summed E-state index contributed by atoms with van der Waals surface area (Å²) in [6, 6.07) is 8.92.